The van der Waals surface area contributed by atoms with Crippen LogP contribution in [0, 0.1) is 0 Å². The summed E-state index contributed by atoms with van der Waals surface area (Å²) in [5.74, 6) is -0.365. The van der Waals surface area contributed by atoms with Gasteiger partial charge in [-0.05, 0) is 25.5 Å². The van der Waals surface area contributed by atoms with Crippen LogP contribution >= 0.6 is 0 Å². The normalized spacial score (nSPS) is 14.3. The van der Waals surface area contributed by atoms with Gasteiger partial charge in [0, 0.05) is 6.04 Å². The Hall–Kier alpha value is -0.890. The first-order valence-electron chi connectivity index (χ1n) is 3.49. The Morgan fingerprint density at radius 3 is 2.64 bits per heavy atom. The van der Waals surface area contributed by atoms with Crippen molar-refractivity contribution in [2.24, 2.45) is 5.73 Å². The van der Waals surface area contributed by atoms with Gasteiger partial charge in [0.25, 0.3) is 0 Å². The van der Waals surface area contributed by atoms with E-state index in [1.165, 1.54) is 6.08 Å². The van der Waals surface area contributed by atoms with E-state index in [0.29, 0.717) is 12.0 Å². The molecule has 0 fully saturated rings. The van der Waals surface area contributed by atoms with Crippen LogP contribution in [-0.4, -0.2) is 6.04 Å². The first-order valence-corrected chi connectivity index (χ1v) is 3.49. The zero-order valence-corrected chi connectivity index (χ0v) is 6.81. The molecule has 0 amide bonds. The molecule has 0 spiro atoms. The maximum Gasteiger partial charge on any atom is 0.122 e. The minimum atomic E-state index is -0.365. The number of allylic oxidation sites excluding steroid dienone is 3. The van der Waals surface area contributed by atoms with E-state index in [0.717, 1.165) is 6.08 Å². The van der Waals surface area contributed by atoms with Crippen molar-refractivity contribution in [1.82, 2.24) is 0 Å². The molecule has 1 atom stereocenters. The van der Waals surface area contributed by atoms with Gasteiger partial charge in [0.1, 0.15) is 5.83 Å². The van der Waals surface area contributed by atoms with Crippen molar-refractivity contribution in [3.63, 3.8) is 0 Å². The molecule has 1 unspecified atom stereocenters. The molecule has 11 heavy (non-hydrogen) atoms. The van der Waals surface area contributed by atoms with Gasteiger partial charge >= 0.3 is 0 Å². The van der Waals surface area contributed by atoms with Crippen molar-refractivity contribution >= 4 is 0 Å². The molecule has 2 heteroatoms. The second-order valence-electron chi connectivity index (χ2n) is 2.57. The Labute approximate surface area is 67.1 Å². The molecule has 0 rings (SSSR count). The maximum atomic E-state index is 12.5. The van der Waals surface area contributed by atoms with E-state index in [9.17, 15) is 4.39 Å². The second kappa shape index (κ2) is 4.85. The minimum Gasteiger partial charge on any atom is -0.328 e. The van der Waals surface area contributed by atoms with Crippen molar-refractivity contribution in [2.75, 3.05) is 0 Å². The Balaban J connectivity index is 3.96. The van der Waals surface area contributed by atoms with Crippen molar-refractivity contribution in [2.45, 2.75) is 19.4 Å². The fourth-order valence-electron chi connectivity index (χ4n) is 0.726. The molecule has 0 aromatic carbocycles. The van der Waals surface area contributed by atoms with E-state index in [-0.39, 0.29) is 11.9 Å². The monoisotopic (exact) mass is 155 g/mol. The molecular formula is C9H14FN. The van der Waals surface area contributed by atoms with Crippen molar-refractivity contribution in [3.8, 4) is 0 Å². The fourth-order valence-corrected chi connectivity index (χ4v) is 0.726. The number of hydrogen-bond acceptors (Lipinski definition) is 1. The highest BCUT2D eigenvalue weighted by atomic mass is 19.1. The van der Waals surface area contributed by atoms with Crippen molar-refractivity contribution < 1.29 is 4.39 Å². The average molecular weight is 155 g/mol. The summed E-state index contributed by atoms with van der Waals surface area (Å²) in [6.45, 7) is 8.77. The Kier molecular flexibility index (Phi) is 4.46. The van der Waals surface area contributed by atoms with Gasteiger partial charge in [-0.3, -0.25) is 0 Å². The third-order valence-corrected chi connectivity index (χ3v) is 1.12. The van der Waals surface area contributed by atoms with Crippen LogP contribution in [0.15, 0.2) is 36.7 Å². The first-order chi connectivity index (χ1) is 5.06. The Morgan fingerprint density at radius 2 is 2.27 bits per heavy atom. The molecule has 1 nitrogen and oxygen atoms in total. The molecule has 0 bridgehead atoms. The van der Waals surface area contributed by atoms with Crippen LogP contribution in [-0.2, 0) is 0 Å². The largest absolute Gasteiger partial charge is 0.328 e. The van der Waals surface area contributed by atoms with E-state index in [2.05, 4.69) is 13.2 Å². The van der Waals surface area contributed by atoms with Crippen LogP contribution in [0.4, 0.5) is 4.39 Å². The van der Waals surface area contributed by atoms with Gasteiger partial charge in [0.2, 0.25) is 0 Å². The summed E-state index contributed by atoms with van der Waals surface area (Å²) < 4.78 is 12.5. The molecule has 2 N–H and O–H groups in total. The molecule has 0 aromatic heterocycles. The average Bonchev–Trinajstić information content (AvgIpc) is 1.85. The number of nitrogens with two attached hydrogens (primary N) is 1. The molecule has 62 valence electrons. The van der Waals surface area contributed by atoms with Crippen molar-refractivity contribution in [1.29, 1.82) is 0 Å². The second-order valence-corrected chi connectivity index (χ2v) is 2.57. The Morgan fingerprint density at radius 1 is 1.73 bits per heavy atom. The summed E-state index contributed by atoms with van der Waals surface area (Å²) in [5.41, 5.74) is 6.16. The standard InChI is InChI=1S/C9H14FN/c1-4-9(10)6-7(2)5-8(3)11/h4,6,8H,1-2,5,11H2,3H3/b9-6+. The maximum absolute atomic E-state index is 12.5. The summed E-state index contributed by atoms with van der Waals surface area (Å²) >= 11 is 0. The van der Waals surface area contributed by atoms with Gasteiger partial charge in [-0.15, -0.1) is 0 Å². The van der Waals surface area contributed by atoms with Gasteiger partial charge in [-0.1, -0.05) is 18.7 Å². The lowest BCUT2D eigenvalue weighted by Crippen LogP contribution is -2.14. The number of halogens is 1. The molecule has 0 aliphatic rings. The highest BCUT2D eigenvalue weighted by Crippen LogP contribution is 2.07. The van der Waals surface area contributed by atoms with E-state index in [1.807, 2.05) is 6.92 Å². The van der Waals surface area contributed by atoms with E-state index in [4.69, 9.17) is 5.73 Å². The molecular weight excluding hydrogens is 141 g/mol. The lowest BCUT2D eigenvalue weighted by atomic mass is 10.1. The summed E-state index contributed by atoms with van der Waals surface area (Å²) in [6.07, 6.45) is 3.10. The molecule has 0 heterocycles. The van der Waals surface area contributed by atoms with Gasteiger partial charge < -0.3 is 5.73 Å². The van der Waals surface area contributed by atoms with Crippen LogP contribution in [0.1, 0.15) is 13.3 Å². The fraction of sp³-hybridized carbons (Fsp3) is 0.333. The van der Waals surface area contributed by atoms with E-state index < -0.39 is 0 Å². The minimum absolute atomic E-state index is 0.0244. The lowest BCUT2D eigenvalue weighted by molar-refractivity contribution is 0.662. The van der Waals surface area contributed by atoms with Crippen LogP contribution in [0.3, 0.4) is 0 Å². The molecule has 0 saturated heterocycles. The molecule has 0 aliphatic carbocycles. The van der Waals surface area contributed by atoms with E-state index >= 15 is 0 Å². The summed E-state index contributed by atoms with van der Waals surface area (Å²) in [5, 5.41) is 0. The predicted octanol–water partition coefficient (Wildman–Crippen LogP) is 2.32. The number of hydrogen-bond donors (Lipinski definition) is 1. The number of rotatable bonds is 4. The van der Waals surface area contributed by atoms with Gasteiger partial charge in [-0.2, -0.15) is 0 Å². The summed E-state index contributed by atoms with van der Waals surface area (Å²) in [4.78, 5) is 0. The molecule has 0 radical (unpaired) electrons. The Bertz CT molecular complexity index is 180. The molecule has 0 saturated carbocycles. The van der Waals surface area contributed by atoms with Crippen molar-refractivity contribution in [3.05, 3.63) is 36.7 Å². The van der Waals surface area contributed by atoms with Gasteiger partial charge in [-0.25, -0.2) is 4.39 Å². The van der Waals surface area contributed by atoms with E-state index in [1.54, 1.807) is 0 Å². The first kappa shape index (κ1) is 10.1. The van der Waals surface area contributed by atoms with Crippen LogP contribution in [0.25, 0.3) is 0 Å². The summed E-state index contributed by atoms with van der Waals surface area (Å²) in [7, 11) is 0. The third-order valence-electron chi connectivity index (χ3n) is 1.12. The quantitative estimate of drug-likeness (QED) is 0.619. The van der Waals surface area contributed by atoms with Crippen LogP contribution < -0.4 is 5.73 Å². The SMILES string of the molecule is C=C/C(F)=C\C(=C)CC(C)N. The topological polar surface area (TPSA) is 26.0 Å². The summed E-state index contributed by atoms with van der Waals surface area (Å²) in [6, 6.07) is 0.0244. The van der Waals surface area contributed by atoms with Gasteiger partial charge in [0.15, 0.2) is 0 Å². The van der Waals surface area contributed by atoms with Crippen LogP contribution in [0.2, 0.25) is 0 Å². The highest BCUT2D eigenvalue weighted by Gasteiger charge is 1.96. The third kappa shape index (κ3) is 5.55. The van der Waals surface area contributed by atoms with Crippen LogP contribution in [0.5, 0.6) is 0 Å². The lowest BCUT2D eigenvalue weighted by Gasteiger charge is -2.03. The van der Waals surface area contributed by atoms with Gasteiger partial charge in [0.05, 0.1) is 0 Å². The molecule has 0 aromatic rings. The predicted molar refractivity (Wildman–Crippen MR) is 46.8 cm³/mol. The highest BCUT2D eigenvalue weighted by molar-refractivity contribution is 5.23. The zero-order chi connectivity index (χ0) is 8.85. The zero-order valence-electron chi connectivity index (χ0n) is 6.81. The smallest absolute Gasteiger partial charge is 0.122 e. The molecule has 0 aliphatic heterocycles.